The van der Waals surface area contributed by atoms with Crippen LogP contribution in [0.4, 0.5) is 0 Å². The van der Waals surface area contributed by atoms with Gasteiger partial charge in [0, 0.05) is 13.1 Å². The quantitative estimate of drug-likeness (QED) is 0.860. The molecule has 0 aliphatic heterocycles. The molecule has 0 fully saturated rings. The van der Waals surface area contributed by atoms with Crippen LogP contribution in [0.3, 0.4) is 0 Å². The molecular weight excluding hydrogens is 296 g/mol. The van der Waals surface area contributed by atoms with E-state index in [0.717, 1.165) is 12.1 Å². The zero-order chi connectivity index (χ0) is 16.2. The van der Waals surface area contributed by atoms with Crippen molar-refractivity contribution >= 4 is 10.0 Å². The van der Waals surface area contributed by atoms with Crippen molar-refractivity contribution in [3.8, 4) is 0 Å². The molecule has 0 atom stereocenters. The maximum Gasteiger partial charge on any atom is 0.240 e. The van der Waals surface area contributed by atoms with Crippen LogP contribution in [0.25, 0.3) is 0 Å². The van der Waals surface area contributed by atoms with Gasteiger partial charge in [-0.1, -0.05) is 35.9 Å². The molecule has 2 aromatic rings. The second-order valence-corrected chi connectivity index (χ2v) is 7.27. The van der Waals surface area contributed by atoms with Crippen LogP contribution in [-0.2, 0) is 23.1 Å². The van der Waals surface area contributed by atoms with E-state index in [1.807, 2.05) is 6.07 Å². The molecule has 118 valence electrons. The Hall–Kier alpha value is -1.69. The summed E-state index contributed by atoms with van der Waals surface area (Å²) in [6.45, 7) is 5.57. The molecule has 2 aromatic carbocycles. The van der Waals surface area contributed by atoms with Crippen LogP contribution in [0.2, 0.25) is 0 Å². The highest BCUT2D eigenvalue weighted by molar-refractivity contribution is 7.89. The van der Waals surface area contributed by atoms with Crippen LogP contribution in [0, 0.1) is 13.8 Å². The molecule has 2 N–H and O–H groups in total. The molecule has 0 unspecified atom stereocenters. The van der Waals surface area contributed by atoms with Gasteiger partial charge in [0.25, 0.3) is 0 Å². The molecule has 0 aliphatic rings. The van der Waals surface area contributed by atoms with Gasteiger partial charge in [0.1, 0.15) is 0 Å². The summed E-state index contributed by atoms with van der Waals surface area (Å²) in [4.78, 5) is 0.292. The van der Waals surface area contributed by atoms with Gasteiger partial charge in [-0.2, -0.15) is 0 Å². The average molecular weight is 318 g/mol. The second-order valence-electron chi connectivity index (χ2n) is 5.39. The first-order valence-corrected chi connectivity index (χ1v) is 8.70. The minimum absolute atomic E-state index is 0.292. The summed E-state index contributed by atoms with van der Waals surface area (Å²) >= 11 is 0. The number of aryl methyl sites for hydroxylation is 2. The van der Waals surface area contributed by atoms with E-state index in [1.54, 1.807) is 18.2 Å². The third kappa shape index (κ3) is 4.16. The molecule has 22 heavy (non-hydrogen) atoms. The highest BCUT2D eigenvalue weighted by atomic mass is 32.2. The van der Waals surface area contributed by atoms with E-state index in [4.69, 9.17) is 0 Å². The molecule has 2 rings (SSSR count). The molecule has 0 saturated carbocycles. The summed E-state index contributed by atoms with van der Waals surface area (Å²) in [5.74, 6) is 0. The van der Waals surface area contributed by atoms with Crippen LogP contribution in [0.5, 0.6) is 0 Å². The average Bonchev–Trinajstić information content (AvgIpc) is 2.50. The summed E-state index contributed by atoms with van der Waals surface area (Å²) in [5.41, 5.74) is 4.72. The predicted molar refractivity (Wildman–Crippen MR) is 89.1 cm³/mol. The largest absolute Gasteiger partial charge is 0.309 e. The number of rotatable bonds is 6. The lowest BCUT2D eigenvalue weighted by Crippen LogP contribution is -2.19. The summed E-state index contributed by atoms with van der Waals surface area (Å²) in [5, 5.41) is 3.36. The summed E-state index contributed by atoms with van der Waals surface area (Å²) in [6.07, 6.45) is 0. The Morgan fingerprint density at radius 1 is 1.00 bits per heavy atom. The van der Waals surface area contributed by atoms with Gasteiger partial charge < -0.3 is 5.32 Å². The van der Waals surface area contributed by atoms with E-state index in [9.17, 15) is 8.42 Å². The molecular formula is C17H22N2O2S. The number of sulfonamides is 1. The standard InChI is InChI=1S/C17H22N2O2S/c1-13-7-8-16(14(2)9-13)12-19-11-15-5-4-6-17(10-15)22(20,21)18-3/h4-10,18-19H,11-12H2,1-3H3. The fraction of sp³-hybridized carbons (Fsp3) is 0.294. The Balaban J connectivity index is 2.02. The van der Waals surface area contributed by atoms with Gasteiger partial charge in [-0.05, 0) is 49.7 Å². The SMILES string of the molecule is CNS(=O)(=O)c1cccc(CNCc2ccc(C)cc2C)c1. The number of hydrogen-bond acceptors (Lipinski definition) is 3. The highest BCUT2D eigenvalue weighted by Gasteiger charge is 2.11. The molecule has 0 spiro atoms. The Morgan fingerprint density at radius 3 is 2.45 bits per heavy atom. The Labute approximate surface area is 132 Å². The minimum Gasteiger partial charge on any atom is -0.309 e. The number of benzene rings is 2. The third-order valence-corrected chi connectivity index (χ3v) is 5.03. The Bertz CT molecular complexity index is 755. The lowest BCUT2D eigenvalue weighted by atomic mass is 10.1. The van der Waals surface area contributed by atoms with E-state index in [1.165, 1.54) is 23.7 Å². The van der Waals surface area contributed by atoms with E-state index < -0.39 is 10.0 Å². The molecule has 0 heterocycles. The van der Waals surface area contributed by atoms with Crippen molar-refractivity contribution in [3.63, 3.8) is 0 Å². The predicted octanol–water partition coefficient (Wildman–Crippen LogP) is 2.50. The topological polar surface area (TPSA) is 58.2 Å². The fourth-order valence-corrected chi connectivity index (χ4v) is 3.13. The number of nitrogens with one attached hydrogen (secondary N) is 2. The van der Waals surface area contributed by atoms with E-state index in [2.05, 4.69) is 42.1 Å². The molecule has 5 heteroatoms. The van der Waals surface area contributed by atoms with Gasteiger partial charge in [0.2, 0.25) is 10.0 Å². The maximum absolute atomic E-state index is 11.8. The van der Waals surface area contributed by atoms with E-state index in [-0.39, 0.29) is 0 Å². The van der Waals surface area contributed by atoms with Crippen molar-refractivity contribution in [2.24, 2.45) is 0 Å². The van der Waals surface area contributed by atoms with Crippen molar-refractivity contribution in [3.05, 3.63) is 64.7 Å². The zero-order valence-electron chi connectivity index (χ0n) is 13.2. The van der Waals surface area contributed by atoms with Crippen molar-refractivity contribution in [2.45, 2.75) is 31.8 Å². The molecule has 0 radical (unpaired) electrons. The van der Waals surface area contributed by atoms with Gasteiger partial charge >= 0.3 is 0 Å². The minimum atomic E-state index is -3.39. The van der Waals surface area contributed by atoms with Crippen LogP contribution in [0.15, 0.2) is 47.4 Å². The van der Waals surface area contributed by atoms with E-state index in [0.29, 0.717) is 11.4 Å². The fourth-order valence-electron chi connectivity index (χ4n) is 2.33. The number of hydrogen-bond donors (Lipinski definition) is 2. The molecule has 0 saturated heterocycles. The molecule has 0 aromatic heterocycles. The monoisotopic (exact) mass is 318 g/mol. The molecule has 0 bridgehead atoms. The maximum atomic E-state index is 11.8. The normalized spacial score (nSPS) is 11.6. The second kappa shape index (κ2) is 7.05. The lowest BCUT2D eigenvalue weighted by Gasteiger charge is -2.10. The van der Waals surface area contributed by atoms with Crippen molar-refractivity contribution in [1.82, 2.24) is 10.0 Å². The summed E-state index contributed by atoms with van der Waals surface area (Å²) < 4.78 is 25.9. The summed E-state index contributed by atoms with van der Waals surface area (Å²) in [7, 11) is -1.97. The van der Waals surface area contributed by atoms with Crippen molar-refractivity contribution in [1.29, 1.82) is 0 Å². The molecule has 0 aliphatic carbocycles. The van der Waals surface area contributed by atoms with Crippen LogP contribution in [0.1, 0.15) is 22.3 Å². The summed E-state index contributed by atoms with van der Waals surface area (Å²) in [6, 6.07) is 13.4. The molecule has 0 amide bonds. The van der Waals surface area contributed by atoms with Gasteiger partial charge in [-0.3, -0.25) is 0 Å². The Kier molecular flexibility index (Phi) is 5.34. The highest BCUT2D eigenvalue weighted by Crippen LogP contribution is 2.13. The van der Waals surface area contributed by atoms with Gasteiger partial charge in [0.15, 0.2) is 0 Å². The smallest absolute Gasteiger partial charge is 0.240 e. The van der Waals surface area contributed by atoms with Gasteiger partial charge in [0.05, 0.1) is 4.90 Å². The van der Waals surface area contributed by atoms with Crippen LogP contribution >= 0.6 is 0 Å². The third-order valence-electron chi connectivity index (χ3n) is 3.62. The van der Waals surface area contributed by atoms with Gasteiger partial charge in [-0.15, -0.1) is 0 Å². The first-order valence-electron chi connectivity index (χ1n) is 7.22. The van der Waals surface area contributed by atoms with Crippen LogP contribution in [-0.4, -0.2) is 15.5 Å². The van der Waals surface area contributed by atoms with Gasteiger partial charge in [-0.25, -0.2) is 13.1 Å². The molecule has 4 nitrogen and oxygen atoms in total. The first-order chi connectivity index (χ1) is 10.4. The zero-order valence-corrected chi connectivity index (χ0v) is 14.0. The van der Waals surface area contributed by atoms with Crippen molar-refractivity contribution in [2.75, 3.05) is 7.05 Å². The van der Waals surface area contributed by atoms with Crippen molar-refractivity contribution < 1.29 is 8.42 Å². The lowest BCUT2D eigenvalue weighted by molar-refractivity contribution is 0.588. The van der Waals surface area contributed by atoms with Crippen LogP contribution < -0.4 is 10.0 Å². The Morgan fingerprint density at radius 2 is 1.77 bits per heavy atom. The van der Waals surface area contributed by atoms with E-state index >= 15 is 0 Å². The first kappa shape index (κ1) is 16.7.